The number of aromatic nitrogens is 3. The first kappa shape index (κ1) is 10.2. The molecule has 0 aliphatic rings. The minimum absolute atomic E-state index is 0. The van der Waals surface area contributed by atoms with Gasteiger partial charge < -0.3 is 5.73 Å². The van der Waals surface area contributed by atoms with Crippen molar-refractivity contribution < 1.29 is 0 Å². The van der Waals surface area contributed by atoms with Gasteiger partial charge in [-0.05, 0) is 0 Å². The van der Waals surface area contributed by atoms with Crippen LogP contribution in [0.15, 0.2) is 0 Å². The van der Waals surface area contributed by atoms with Crippen LogP contribution in [0.5, 0.6) is 0 Å². The third kappa shape index (κ3) is 1.83. The Hall–Kier alpha value is -0.770. The van der Waals surface area contributed by atoms with Crippen LogP contribution in [0.25, 0.3) is 0 Å². The van der Waals surface area contributed by atoms with Crippen molar-refractivity contribution in [2.75, 3.05) is 5.73 Å². The molecule has 11 heavy (non-hydrogen) atoms. The zero-order valence-electron chi connectivity index (χ0n) is 6.90. The second-order valence-corrected chi connectivity index (χ2v) is 2.64. The van der Waals surface area contributed by atoms with Crippen LogP contribution >= 0.6 is 12.4 Å². The summed E-state index contributed by atoms with van der Waals surface area (Å²) in [6.07, 6.45) is 0. The molecular formula is C6H13ClN4. The van der Waals surface area contributed by atoms with E-state index in [-0.39, 0.29) is 12.4 Å². The van der Waals surface area contributed by atoms with Crippen molar-refractivity contribution in [2.24, 2.45) is 7.05 Å². The number of rotatable bonds is 1. The Kier molecular flexibility index (Phi) is 3.32. The number of nitrogen functional groups attached to an aromatic ring is 1. The average molecular weight is 177 g/mol. The van der Waals surface area contributed by atoms with E-state index in [1.807, 2.05) is 13.8 Å². The minimum atomic E-state index is 0. The first-order valence-electron chi connectivity index (χ1n) is 3.28. The second-order valence-electron chi connectivity index (χ2n) is 2.64. The largest absolute Gasteiger partial charge is 0.382 e. The molecule has 0 bridgehead atoms. The molecule has 0 fully saturated rings. The molecular weight excluding hydrogens is 164 g/mol. The quantitative estimate of drug-likeness (QED) is 0.693. The number of hydrogen-bond donors (Lipinski definition) is 1. The normalized spacial score (nSPS) is 9.82. The number of anilines is 1. The van der Waals surface area contributed by atoms with Crippen molar-refractivity contribution in [2.45, 2.75) is 19.8 Å². The predicted octanol–water partition coefficient (Wildman–Crippen LogP) is 0.942. The van der Waals surface area contributed by atoms with Gasteiger partial charge in [-0.3, -0.25) is 0 Å². The number of halogens is 1. The van der Waals surface area contributed by atoms with Crippen LogP contribution in [0.4, 0.5) is 5.82 Å². The maximum atomic E-state index is 5.64. The Labute approximate surface area is 72.2 Å². The van der Waals surface area contributed by atoms with Gasteiger partial charge in [-0.15, -0.1) is 17.5 Å². The molecule has 0 radical (unpaired) electrons. The third-order valence-corrected chi connectivity index (χ3v) is 1.44. The summed E-state index contributed by atoms with van der Waals surface area (Å²) in [6.45, 7) is 4.08. The lowest BCUT2D eigenvalue weighted by atomic mass is 10.1. The number of nitrogens with two attached hydrogens (primary N) is 1. The van der Waals surface area contributed by atoms with Gasteiger partial charge in [-0.2, -0.15) is 0 Å². The van der Waals surface area contributed by atoms with Crippen molar-refractivity contribution in [3.05, 3.63) is 5.69 Å². The smallest absolute Gasteiger partial charge is 0.145 e. The summed E-state index contributed by atoms with van der Waals surface area (Å²) in [5.41, 5.74) is 6.52. The highest BCUT2D eigenvalue weighted by molar-refractivity contribution is 5.85. The highest BCUT2D eigenvalue weighted by Crippen LogP contribution is 2.16. The lowest BCUT2D eigenvalue weighted by molar-refractivity contribution is 0.716. The number of nitrogens with zero attached hydrogens (tertiary/aromatic N) is 3. The maximum absolute atomic E-state index is 5.64. The van der Waals surface area contributed by atoms with Gasteiger partial charge in [0.25, 0.3) is 0 Å². The lowest BCUT2D eigenvalue weighted by Gasteiger charge is -1.99. The Balaban J connectivity index is 0.000001000. The van der Waals surface area contributed by atoms with E-state index in [0.29, 0.717) is 11.7 Å². The topological polar surface area (TPSA) is 56.7 Å². The van der Waals surface area contributed by atoms with E-state index in [0.717, 1.165) is 5.69 Å². The van der Waals surface area contributed by atoms with Crippen LogP contribution in [0.3, 0.4) is 0 Å². The first-order chi connectivity index (χ1) is 4.63. The molecule has 1 heterocycles. The van der Waals surface area contributed by atoms with E-state index >= 15 is 0 Å². The van der Waals surface area contributed by atoms with Crippen LogP contribution < -0.4 is 5.73 Å². The Morgan fingerprint density at radius 3 is 2.18 bits per heavy atom. The second kappa shape index (κ2) is 3.57. The molecule has 4 nitrogen and oxygen atoms in total. The molecule has 0 aliphatic carbocycles. The summed E-state index contributed by atoms with van der Waals surface area (Å²) in [5.74, 6) is 1.02. The fourth-order valence-electron chi connectivity index (χ4n) is 0.792. The highest BCUT2D eigenvalue weighted by atomic mass is 35.5. The van der Waals surface area contributed by atoms with Crippen molar-refractivity contribution in [3.63, 3.8) is 0 Å². The van der Waals surface area contributed by atoms with Crippen LogP contribution in [0, 0.1) is 0 Å². The van der Waals surface area contributed by atoms with Crippen LogP contribution in [0.2, 0.25) is 0 Å². The molecule has 0 unspecified atom stereocenters. The highest BCUT2D eigenvalue weighted by Gasteiger charge is 2.09. The zero-order valence-corrected chi connectivity index (χ0v) is 7.72. The standard InChI is InChI=1S/C6H12N4.ClH/c1-4(2)5-6(7)10(3)9-8-5;/h4H,7H2,1-3H3;1H. The molecule has 0 aliphatic heterocycles. The Morgan fingerprint density at radius 1 is 1.45 bits per heavy atom. The van der Waals surface area contributed by atoms with E-state index < -0.39 is 0 Å². The summed E-state index contributed by atoms with van der Waals surface area (Å²) in [5, 5.41) is 7.68. The van der Waals surface area contributed by atoms with E-state index in [9.17, 15) is 0 Å². The lowest BCUT2D eigenvalue weighted by Crippen LogP contribution is -2.00. The molecule has 0 spiro atoms. The van der Waals surface area contributed by atoms with Gasteiger partial charge in [-0.25, -0.2) is 4.68 Å². The third-order valence-electron chi connectivity index (χ3n) is 1.44. The van der Waals surface area contributed by atoms with Crippen molar-refractivity contribution in [1.29, 1.82) is 0 Å². The van der Waals surface area contributed by atoms with E-state index in [1.54, 1.807) is 11.7 Å². The Bertz CT molecular complexity index is 230. The molecule has 0 aromatic carbocycles. The average Bonchev–Trinajstić information content (AvgIpc) is 2.14. The van der Waals surface area contributed by atoms with Crippen molar-refractivity contribution in [3.8, 4) is 0 Å². The van der Waals surface area contributed by atoms with Gasteiger partial charge >= 0.3 is 0 Å². The van der Waals surface area contributed by atoms with E-state index in [4.69, 9.17) is 5.73 Å². The van der Waals surface area contributed by atoms with E-state index in [2.05, 4.69) is 10.3 Å². The van der Waals surface area contributed by atoms with Gasteiger partial charge in [0.1, 0.15) is 11.5 Å². The summed E-state index contributed by atoms with van der Waals surface area (Å²) >= 11 is 0. The van der Waals surface area contributed by atoms with Crippen LogP contribution in [-0.4, -0.2) is 15.0 Å². The molecule has 1 aromatic rings. The predicted molar refractivity (Wildman–Crippen MR) is 46.8 cm³/mol. The molecule has 0 saturated heterocycles. The molecule has 5 heteroatoms. The first-order valence-corrected chi connectivity index (χ1v) is 3.28. The van der Waals surface area contributed by atoms with Crippen LogP contribution in [-0.2, 0) is 7.05 Å². The molecule has 2 N–H and O–H groups in total. The molecule has 0 amide bonds. The van der Waals surface area contributed by atoms with Crippen molar-refractivity contribution in [1.82, 2.24) is 15.0 Å². The fourth-order valence-corrected chi connectivity index (χ4v) is 0.792. The molecule has 1 aromatic heterocycles. The summed E-state index contributed by atoms with van der Waals surface area (Å²) in [7, 11) is 1.79. The fraction of sp³-hybridized carbons (Fsp3) is 0.667. The zero-order chi connectivity index (χ0) is 7.72. The summed E-state index contributed by atoms with van der Waals surface area (Å²) in [4.78, 5) is 0. The molecule has 1 rings (SSSR count). The van der Waals surface area contributed by atoms with Gasteiger partial charge in [0.15, 0.2) is 0 Å². The summed E-state index contributed by atoms with van der Waals surface area (Å²) in [6, 6.07) is 0. The van der Waals surface area contributed by atoms with E-state index in [1.165, 1.54) is 0 Å². The summed E-state index contributed by atoms with van der Waals surface area (Å²) < 4.78 is 1.58. The molecule has 64 valence electrons. The van der Waals surface area contributed by atoms with Gasteiger partial charge in [0.2, 0.25) is 0 Å². The maximum Gasteiger partial charge on any atom is 0.145 e. The number of hydrogen-bond acceptors (Lipinski definition) is 3. The molecule has 0 saturated carbocycles. The minimum Gasteiger partial charge on any atom is -0.382 e. The number of aryl methyl sites for hydroxylation is 1. The van der Waals surface area contributed by atoms with Crippen LogP contribution in [0.1, 0.15) is 25.5 Å². The van der Waals surface area contributed by atoms with Gasteiger partial charge in [0, 0.05) is 13.0 Å². The molecule has 0 atom stereocenters. The van der Waals surface area contributed by atoms with Gasteiger partial charge in [0.05, 0.1) is 0 Å². The van der Waals surface area contributed by atoms with Gasteiger partial charge in [-0.1, -0.05) is 19.1 Å². The SMILES string of the molecule is CC(C)c1nnn(C)c1N.Cl. The monoisotopic (exact) mass is 176 g/mol. The van der Waals surface area contributed by atoms with Crippen molar-refractivity contribution >= 4 is 18.2 Å². The Morgan fingerprint density at radius 2 is 2.00 bits per heavy atom.